The fourth-order valence-electron chi connectivity index (χ4n) is 1.90. The van der Waals surface area contributed by atoms with Crippen LogP contribution < -0.4 is 9.88 Å². The van der Waals surface area contributed by atoms with E-state index in [-0.39, 0.29) is 11.3 Å². The van der Waals surface area contributed by atoms with Crippen LogP contribution in [0.4, 0.5) is 0 Å². The van der Waals surface area contributed by atoms with Crippen LogP contribution >= 0.6 is 0 Å². The number of hydrogen-bond donors (Lipinski definition) is 1. The number of fused-ring (bicyclic) bond motifs is 1. The average Bonchev–Trinajstić information content (AvgIpc) is 2.67. The number of primary sulfonamides is 1. The number of carbonyl (C=O) groups excluding carboxylic acids is 1. The van der Waals surface area contributed by atoms with Crippen LogP contribution in [-0.4, -0.2) is 26.1 Å². The smallest absolute Gasteiger partial charge is 0.348 e. The third-order valence-electron chi connectivity index (χ3n) is 2.70. The Kier molecular flexibility index (Phi) is 3.51. The van der Waals surface area contributed by atoms with Gasteiger partial charge >= 0.3 is 5.97 Å². The molecule has 1 unspecified atom stereocenters. The van der Waals surface area contributed by atoms with Gasteiger partial charge in [-0.1, -0.05) is 0 Å². The Morgan fingerprint density at radius 2 is 2.05 bits per heavy atom. The maximum absolute atomic E-state index is 11.9. The van der Waals surface area contributed by atoms with Gasteiger partial charge in [0.25, 0.3) is 0 Å². The monoisotopic (exact) mass is 299 g/mol. The first-order chi connectivity index (χ1) is 9.06. The quantitative estimate of drug-likeness (QED) is 0.821. The molecule has 7 heteroatoms. The zero-order valence-corrected chi connectivity index (χ0v) is 12.4. The first-order valence-electron chi connectivity index (χ1n) is 6.11. The highest BCUT2D eigenvalue weighted by atomic mass is 32.2. The van der Waals surface area contributed by atoms with Crippen LogP contribution in [0.3, 0.4) is 0 Å². The highest BCUT2D eigenvalue weighted by molar-refractivity contribution is 7.89. The minimum atomic E-state index is -3.76. The van der Waals surface area contributed by atoms with Gasteiger partial charge in [0.15, 0.2) is 6.10 Å². The summed E-state index contributed by atoms with van der Waals surface area (Å²) in [5.41, 5.74) is 0.0356. The molecular formula is C13H17NO5S. The summed E-state index contributed by atoms with van der Waals surface area (Å²) in [5.74, 6) is 0.0131. The lowest BCUT2D eigenvalue weighted by atomic mass is 10.1. The summed E-state index contributed by atoms with van der Waals surface area (Å²) in [5, 5.41) is 5.07. The first-order valence-corrected chi connectivity index (χ1v) is 7.66. The summed E-state index contributed by atoms with van der Waals surface area (Å²) in [6.07, 6.45) is -0.479. The lowest BCUT2D eigenvalue weighted by Crippen LogP contribution is -2.34. The van der Waals surface area contributed by atoms with Crippen molar-refractivity contribution in [3.05, 3.63) is 23.8 Å². The van der Waals surface area contributed by atoms with Gasteiger partial charge in [0.1, 0.15) is 11.4 Å². The van der Waals surface area contributed by atoms with E-state index in [4.69, 9.17) is 14.6 Å². The van der Waals surface area contributed by atoms with E-state index < -0.39 is 27.7 Å². The molecule has 6 nitrogen and oxygen atoms in total. The maximum Gasteiger partial charge on any atom is 0.348 e. The normalized spacial score (nSPS) is 18.3. The van der Waals surface area contributed by atoms with Gasteiger partial charge < -0.3 is 9.47 Å². The standard InChI is InChI=1S/C13H17NO5S/c1-13(2,3)19-12(15)11-7-8-6-9(20(14,16)17)4-5-10(8)18-11/h4-6,11H,7H2,1-3H3,(H2,14,16,17). The second-order valence-electron chi connectivity index (χ2n) is 5.66. The third-order valence-corrected chi connectivity index (χ3v) is 3.62. The Morgan fingerprint density at radius 1 is 1.40 bits per heavy atom. The van der Waals surface area contributed by atoms with Gasteiger partial charge in [-0.05, 0) is 44.5 Å². The van der Waals surface area contributed by atoms with Gasteiger partial charge in [-0.2, -0.15) is 0 Å². The number of benzene rings is 1. The van der Waals surface area contributed by atoms with Crippen molar-refractivity contribution in [2.45, 2.75) is 43.8 Å². The predicted molar refractivity (Wildman–Crippen MR) is 71.8 cm³/mol. The summed E-state index contributed by atoms with van der Waals surface area (Å²) in [7, 11) is -3.76. The third kappa shape index (κ3) is 3.29. The SMILES string of the molecule is CC(C)(C)OC(=O)C1Cc2cc(S(N)(=O)=O)ccc2O1. The number of ether oxygens (including phenoxy) is 2. The molecule has 2 rings (SSSR count). The molecule has 1 aromatic carbocycles. The largest absolute Gasteiger partial charge is 0.478 e. The second-order valence-corrected chi connectivity index (χ2v) is 7.22. The number of nitrogens with two attached hydrogens (primary N) is 1. The Bertz CT molecular complexity index is 645. The van der Waals surface area contributed by atoms with E-state index in [1.165, 1.54) is 18.2 Å². The molecule has 0 aliphatic carbocycles. The highest BCUT2D eigenvalue weighted by Crippen LogP contribution is 2.31. The van der Waals surface area contributed by atoms with E-state index in [1.807, 2.05) is 0 Å². The Morgan fingerprint density at radius 3 is 2.60 bits per heavy atom. The molecule has 110 valence electrons. The molecule has 0 aromatic heterocycles. The van der Waals surface area contributed by atoms with E-state index in [0.717, 1.165) is 0 Å². The second kappa shape index (κ2) is 4.75. The van der Waals surface area contributed by atoms with Gasteiger partial charge in [-0.3, -0.25) is 0 Å². The molecule has 0 fully saturated rings. The van der Waals surface area contributed by atoms with Gasteiger partial charge in [-0.25, -0.2) is 18.4 Å². The van der Waals surface area contributed by atoms with Crippen LogP contribution in [-0.2, 0) is 26.0 Å². The molecule has 0 saturated heterocycles. The van der Waals surface area contributed by atoms with Gasteiger partial charge in [0, 0.05) is 6.42 Å². The fourth-order valence-corrected chi connectivity index (χ4v) is 2.47. The number of esters is 1. The summed E-state index contributed by atoms with van der Waals surface area (Å²) in [4.78, 5) is 11.9. The molecule has 0 amide bonds. The van der Waals surface area contributed by atoms with Crippen LogP contribution in [0.1, 0.15) is 26.3 Å². The average molecular weight is 299 g/mol. The summed E-state index contributed by atoms with van der Waals surface area (Å²) in [6.45, 7) is 5.31. The van der Waals surface area contributed by atoms with E-state index in [2.05, 4.69) is 0 Å². The molecule has 1 heterocycles. The van der Waals surface area contributed by atoms with Gasteiger partial charge in [-0.15, -0.1) is 0 Å². The van der Waals surface area contributed by atoms with E-state index in [0.29, 0.717) is 11.3 Å². The fraction of sp³-hybridized carbons (Fsp3) is 0.462. The molecule has 0 bridgehead atoms. The molecule has 1 aliphatic heterocycles. The van der Waals surface area contributed by atoms with Crippen molar-refractivity contribution in [2.75, 3.05) is 0 Å². The van der Waals surface area contributed by atoms with E-state index in [9.17, 15) is 13.2 Å². The summed E-state index contributed by atoms with van der Waals surface area (Å²) < 4.78 is 33.3. The van der Waals surface area contributed by atoms with Crippen molar-refractivity contribution in [1.82, 2.24) is 0 Å². The lowest BCUT2D eigenvalue weighted by molar-refractivity contribution is -0.162. The molecular weight excluding hydrogens is 282 g/mol. The first kappa shape index (κ1) is 14.8. The summed E-state index contributed by atoms with van der Waals surface area (Å²) >= 11 is 0. The predicted octanol–water partition coefficient (Wildman–Crippen LogP) is 0.979. The van der Waals surface area contributed by atoms with Crippen molar-refractivity contribution >= 4 is 16.0 Å². The zero-order chi connectivity index (χ0) is 15.1. The van der Waals surface area contributed by atoms with E-state index >= 15 is 0 Å². The van der Waals surface area contributed by atoms with Crippen molar-refractivity contribution in [3.63, 3.8) is 0 Å². The van der Waals surface area contributed by atoms with Crippen LogP contribution in [0.25, 0.3) is 0 Å². The van der Waals surface area contributed by atoms with Crippen molar-refractivity contribution in [1.29, 1.82) is 0 Å². The van der Waals surface area contributed by atoms with Gasteiger partial charge in [0.2, 0.25) is 10.0 Å². The Hall–Kier alpha value is -1.60. The number of hydrogen-bond acceptors (Lipinski definition) is 5. The molecule has 2 N–H and O–H groups in total. The van der Waals surface area contributed by atoms with Crippen molar-refractivity contribution in [3.8, 4) is 5.75 Å². The van der Waals surface area contributed by atoms with Crippen LogP contribution in [0, 0.1) is 0 Å². The Labute approximate surface area is 117 Å². The lowest BCUT2D eigenvalue weighted by Gasteiger charge is -2.21. The molecule has 1 aliphatic rings. The molecule has 0 radical (unpaired) electrons. The minimum absolute atomic E-state index is 0.00434. The molecule has 1 aromatic rings. The van der Waals surface area contributed by atoms with Crippen LogP contribution in [0.2, 0.25) is 0 Å². The van der Waals surface area contributed by atoms with Crippen molar-refractivity contribution < 1.29 is 22.7 Å². The molecule has 0 saturated carbocycles. The van der Waals surface area contributed by atoms with E-state index in [1.54, 1.807) is 20.8 Å². The minimum Gasteiger partial charge on any atom is -0.478 e. The van der Waals surface area contributed by atoms with Crippen molar-refractivity contribution in [2.24, 2.45) is 5.14 Å². The molecule has 1 atom stereocenters. The van der Waals surface area contributed by atoms with Gasteiger partial charge in [0.05, 0.1) is 4.90 Å². The maximum atomic E-state index is 11.9. The molecule has 20 heavy (non-hydrogen) atoms. The number of carbonyl (C=O) groups is 1. The Balaban J connectivity index is 2.18. The van der Waals surface area contributed by atoms with Crippen LogP contribution in [0.5, 0.6) is 5.75 Å². The van der Waals surface area contributed by atoms with Crippen LogP contribution in [0.15, 0.2) is 23.1 Å². The zero-order valence-electron chi connectivity index (χ0n) is 11.5. The topological polar surface area (TPSA) is 95.7 Å². The molecule has 0 spiro atoms. The number of rotatable bonds is 2. The summed E-state index contributed by atoms with van der Waals surface area (Å²) in [6, 6.07) is 4.28. The highest BCUT2D eigenvalue weighted by Gasteiger charge is 2.33. The number of sulfonamides is 1.